The van der Waals surface area contributed by atoms with E-state index in [0.717, 1.165) is 0 Å². The van der Waals surface area contributed by atoms with Crippen molar-refractivity contribution in [2.75, 3.05) is 19.8 Å². The minimum absolute atomic E-state index is 0.0134. The van der Waals surface area contributed by atoms with Crippen molar-refractivity contribution in [3.8, 4) is 11.6 Å². The van der Waals surface area contributed by atoms with Crippen molar-refractivity contribution in [3.63, 3.8) is 0 Å². The Balaban J connectivity index is 2.66. The van der Waals surface area contributed by atoms with Crippen LogP contribution in [0.1, 0.15) is 6.92 Å². The van der Waals surface area contributed by atoms with Crippen molar-refractivity contribution in [1.29, 1.82) is 0 Å². The van der Waals surface area contributed by atoms with E-state index in [9.17, 15) is 0 Å². The summed E-state index contributed by atoms with van der Waals surface area (Å²) in [6.45, 7) is 2.67. The highest BCUT2D eigenvalue weighted by molar-refractivity contribution is 5.32. The Hall–Kier alpha value is -1.29. The lowest BCUT2D eigenvalue weighted by atomic mass is 10.4. The molecule has 4 heteroatoms. The molecule has 0 spiro atoms. The number of pyridine rings is 1. The van der Waals surface area contributed by atoms with Crippen LogP contribution in [0.15, 0.2) is 18.3 Å². The van der Waals surface area contributed by atoms with Crippen LogP contribution in [0.25, 0.3) is 0 Å². The van der Waals surface area contributed by atoms with Crippen molar-refractivity contribution in [3.05, 3.63) is 18.3 Å². The van der Waals surface area contributed by atoms with Gasteiger partial charge < -0.3 is 14.6 Å². The number of aliphatic hydroxyl groups excluding tert-OH is 1. The van der Waals surface area contributed by atoms with Gasteiger partial charge in [0.25, 0.3) is 5.88 Å². The van der Waals surface area contributed by atoms with E-state index in [0.29, 0.717) is 18.2 Å². The smallest absolute Gasteiger partial charge is 0.256 e. The third-order valence-electron chi connectivity index (χ3n) is 1.37. The molecule has 0 radical (unpaired) electrons. The number of rotatable bonds is 5. The first-order chi connectivity index (χ1) is 6.38. The summed E-state index contributed by atoms with van der Waals surface area (Å²) in [7, 11) is 0. The van der Waals surface area contributed by atoms with Crippen LogP contribution in [0, 0.1) is 0 Å². The normalized spacial score (nSPS) is 9.69. The largest absolute Gasteiger partial charge is 0.486 e. The minimum atomic E-state index is -0.0134. The molecule has 0 aromatic carbocycles. The monoisotopic (exact) mass is 183 g/mol. The fraction of sp³-hybridized carbons (Fsp3) is 0.444. The van der Waals surface area contributed by atoms with Crippen LogP contribution >= 0.6 is 0 Å². The lowest BCUT2D eigenvalue weighted by molar-refractivity contribution is 0.192. The maximum atomic E-state index is 8.56. The van der Waals surface area contributed by atoms with Gasteiger partial charge in [-0.05, 0) is 19.1 Å². The zero-order chi connectivity index (χ0) is 9.52. The zero-order valence-electron chi connectivity index (χ0n) is 7.56. The third-order valence-corrected chi connectivity index (χ3v) is 1.37. The molecular weight excluding hydrogens is 170 g/mol. The van der Waals surface area contributed by atoms with Crippen LogP contribution in [-0.4, -0.2) is 29.9 Å². The van der Waals surface area contributed by atoms with Gasteiger partial charge in [0.2, 0.25) is 0 Å². The van der Waals surface area contributed by atoms with Gasteiger partial charge in [-0.1, -0.05) is 0 Å². The van der Waals surface area contributed by atoms with E-state index in [-0.39, 0.29) is 13.2 Å². The Bertz CT molecular complexity index is 252. The van der Waals surface area contributed by atoms with Gasteiger partial charge in [-0.3, -0.25) is 0 Å². The van der Waals surface area contributed by atoms with Crippen LogP contribution in [0.5, 0.6) is 11.6 Å². The standard InChI is InChI=1S/C9H13NO3/c1-2-12-9-8(13-7-6-11)4-3-5-10-9/h3-5,11H,2,6-7H2,1H3. The summed E-state index contributed by atoms with van der Waals surface area (Å²) in [6, 6.07) is 3.52. The molecule has 0 aliphatic heterocycles. The predicted molar refractivity (Wildman–Crippen MR) is 48.0 cm³/mol. The first-order valence-electron chi connectivity index (χ1n) is 4.20. The van der Waals surface area contributed by atoms with Crippen LogP contribution in [-0.2, 0) is 0 Å². The van der Waals surface area contributed by atoms with Crippen molar-refractivity contribution >= 4 is 0 Å². The van der Waals surface area contributed by atoms with E-state index in [1.165, 1.54) is 0 Å². The maximum Gasteiger partial charge on any atom is 0.256 e. The average Bonchev–Trinajstić information content (AvgIpc) is 2.17. The van der Waals surface area contributed by atoms with Crippen molar-refractivity contribution in [2.45, 2.75) is 6.92 Å². The van der Waals surface area contributed by atoms with Crippen LogP contribution in [0.4, 0.5) is 0 Å². The number of hydrogen-bond acceptors (Lipinski definition) is 4. The predicted octanol–water partition coefficient (Wildman–Crippen LogP) is 0.851. The lowest BCUT2D eigenvalue weighted by Crippen LogP contribution is -2.04. The van der Waals surface area contributed by atoms with Gasteiger partial charge in [-0.25, -0.2) is 4.98 Å². The van der Waals surface area contributed by atoms with E-state index in [2.05, 4.69) is 4.98 Å². The molecule has 1 rings (SSSR count). The number of aliphatic hydroxyl groups is 1. The highest BCUT2D eigenvalue weighted by Crippen LogP contribution is 2.22. The molecule has 1 aromatic heterocycles. The Kier molecular flexibility index (Phi) is 4.05. The molecule has 0 fully saturated rings. The number of hydrogen-bond donors (Lipinski definition) is 1. The van der Waals surface area contributed by atoms with Gasteiger partial charge in [-0.2, -0.15) is 0 Å². The van der Waals surface area contributed by atoms with E-state index >= 15 is 0 Å². The Morgan fingerprint density at radius 3 is 3.00 bits per heavy atom. The van der Waals surface area contributed by atoms with Gasteiger partial charge in [0, 0.05) is 6.20 Å². The molecule has 0 bridgehead atoms. The molecule has 0 saturated heterocycles. The summed E-state index contributed by atoms with van der Waals surface area (Å²) in [5, 5.41) is 8.56. The lowest BCUT2D eigenvalue weighted by Gasteiger charge is -2.08. The van der Waals surface area contributed by atoms with Gasteiger partial charge in [0.1, 0.15) is 6.61 Å². The highest BCUT2D eigenvalue weighted by atomic mass is 16.5. The SMILES string of the molecule is CCOc1ncccc1OCCO. The Labute approximate surface area is 77.1 Å². The number of ether oxygens (including phenoxy) is 2. The molecule has 0 aliphatic carbocycles. The summed E-state index contributed by atoms with van der Waals surface area (Å²) in [6.07, 6.45) is 1.64. The fourth-order valence-corrected chi connectivity index (χ4v) is 0.887. The minimum Gasteiger partial charge on any atom is -0.486 e. The summed E-state index contributed by atoms with van der Waals surface area (Å²) in [4.78, 5) is 3.99. The summed E-state index contributed by atoms with van der Waals surface area (Å²) >= 11 is 0. The second-order valence-corrected chi connectivity index (χ2v) is 2.31. The van der Waals surface area contributed by atoms with E-state index in [1.54, 1.807) is 18.3 Å². The highest BCUT2D eigenvalue weighted by Gasteiger charge is 2.03. The summed E-state index contributed by atoms with van der Waals surface area (Å²) < 4.78 is 10.4. The van der Waals surface area contributed by atoms with Crippen molar-refractivity contribution in [2.24, 2.45) is 0 Å². The van der Waals surface area contributed by atoms with E-state index in [1.807, 2.05) is 6.92 Å². The molecule has 4 nitrogen and oxygen atoms in total. The molecule has 13 heavy (non-hydrogen) atoms. The zero-order valence-corrected chi connectivity index (χ0v) is 7.56. The Morgan fingerprint density at radius 1 is 1.46 bits per heavy atom. The number of nitrogens with zero attached hydrogens (tertiary/aromatic N) is 1. The third kappa shape index (κ3) is 2.91. The van der Waals surface area contributed by atoms with E-state index < -0.39 is 0 Å². The summed E-state index contributed by atoms with van der Waals surface area (Å²) in [5.74, 6) is 1.04. The molecule has 0 saturated carbocycles. The fourth-order valence-electron chi connectivity index (χ4n) is 0.887. The number of aromatic nitrogens is 1. The molecule has 1 aromatic rings. The van der Waals surface area contributed by atoms with Gasteiger partial charge in [0.05, 0.1) is 13.2 Å². The van der Waals surface area contributed by atoms with Gasteiger partial charge in [0.15, 0.2) is 5.75 Å². The molecule has 0 unspecified atom stereocenters. The molecule has 72 valence electrons. The van der Waals surface area contributed by atoms with Gasteiger partial charge >= 0.3 is 0 Å². The molecule has 0 aliphatic rings. The molecule has 1 heterocycles. The molecule has 0 atom stereocenters. The quantitative estimate of drug-likeness (QED) is 0.735. The maximum absolute atomic E-state index is 8.56. The summed E-state index contributed by atoms with van der Waals surface area (Å²) in [5.41, 5.74) is 0. The van der Waals surface area contributed by atoms with Crippen LogP contribution in [0.2, 0.25) is 0 Å². The van der Waals surface area contributed by atoms with Gasteiger partial charge in [-0.15, -0.1) is 0 Å². The van der Waals surface area contributed by atoms with Crippen LogP contribution in [0.3, 0.4) is 0 Å². The van der Waals surface area contributed by atoms with E-state index in [4.69, 9.17) is 14.6 Å². The topological polar surface area (TPSA) is 51.6 Å². The first kappa shape index (κ1) is 9.80. The average molecular weight is 183 g/mol. The molecule has 1 N–H and O–H groups in total. The molecule has 0 amide bonds. The van der Waals surface area contributed by atoms with Crippen molar-refractivity contribution < 1.29 is 14.6 Å². The first-order valence-corrected chi connectivity index (χ1v) is 4.20. The second-order valence-electron chi connectivity index (χ2n) is 2.31. The second kappa shape index (κ2) is 5.37. The van der Waals surface area contributed by atoms with Crippen molar-refractivity contribution in [1.82, 2.24) is 4.98 Å². The molecular formula is C9H13NO3. The van der Waals surface area contributed by atoms with Crippen LogP contribution < -0.4 is 9.47 Å². The Morgan fingerprint density at radius 2 is 2.31 bits per heavy atom.